The van der Waals surface area contributed by atoms with Crippen LogP contribution in [0.1, 0.15) is 52.9 Å². The van der Waals surface area contributed by atoms with E-state index in [1.807, 2.05) is 6.08 Å². The summed E-state index contributed by atoms with van der Waals surface area (Å²) in [6, 6.07) is 0.200. The van der Waals surface area contributed by atoms with Gasteiger partial charge in [-0.15, -0.1) is 0 Å². The molecule has 132 valence electrons. The average molecular weight is 329 g/mol. The minimum atomic E-state index is -0.304. The third-order valence-electron chi connectivity index (χ3n) is 8.20. The van der Waals surface area contributed by atoms with Gasteiger partial charge in [-0.2, -0.15) is 0 Å². The summed E-state index contributed by atoms with van der Waals surface area (Å²) < 4.78 is 0. The normalized spacial score (nSPS) is 51.5. The van der Waals surface area contributed by atoms with E-state index in [2.05, 4.69) is 26.8 Å². The number of hydrogen-bond donors (Lipinski definition) is 2. The minimum Gasteiger partial charge on any atom is -0.393 e. The first-order chi connectivity index (χ1) is 11.3. The molecule has 0 spiro atoms. The fourth-order valence-corrected chi connectivity index (χ4v) is 7.23. The molecule has 4 aliphatic carbocycles. The van der Waals surface area contributed by atoms with Crippen LogP contribution in [0.3, 0.4) is 0 Å². The van der Waals surface area contributed by atoms with Crippen LogP contribution in [0.4, 0.5) is 0 Å². The Labute approximate surface area is 145 Å². The van der Waals surface area contributed by atoms with Crippen molar-refractivity contribution >= 4 is 5.78 Å². The SMILES string of the molecule is CC(N)[C@H]1CC[C@H]2[C@@H]3CCC4=CC(=O)C=C[C@]4(C)[C@H]3C(O)C[C@]12C. The summed E-state index contributed by atoms with van der Waals surface area (Å²) in [7, 11) is 0. The highest BCUT2D eigenvalue weighted by Crippen LogP contribution is 2.66. The summed E-state index contributed by atoms with van der Waals surface area (Å²) in [5.41, 5.74) is 7.57. The van der Waals surface area contributed by atoms with E-state index in [1.54, 1.807) is 6.08 Å². The van der Waals surface area contributed by atoms with Gasteiger partial charge in [0, 0.05) is 17.4 Å². The maximum Gasteiger partial charge on any atom is 0.178 e. The molecular formula is C21H31NO2. The van der Waals surface area contributed by atoms with Crippen molar-refractivity contribution in [2.45, 2.75) is 65.0 Å². The maximum atomic E-state index is 11.8. The molecule has 0 radical (unpaired) electrons. The smallest absolute Gasteiger partial charge is 0.178 e. The molecule has 0 aliphatic heterocycles. The summed E-state index contributed by atoms with van der Waals surface area (Å²) in [5, 5.41) is 11.2. The van der Waals surface area contributed by atoms with Crippen LogP contribution in [-0.2, 0) is 4.79 Å². The quantitative estimate of drug-likeness (QED) is 0.776. The van der Waals surface area contributed by atoms with Crippen molar-refractivity contribution in [3.8, 4) is 0 Å². The number of aliphatic hydroxyl groups is 1. The zero-order valence-corrected chi connectivity index (χ0v) is 15.2. The first-order valence-corrected chi connectivity index (χ1v) is 9.65. The fourth-order valence-electron chi connectivity index (χ4n) is 7.23. The molecule has 0 aromatic heterocycles. The number of ketones is 1. The molecule has 3 saturated carbocycles. The van der Waals surface area contributed by atoms with Gasteiger partial charge in [0.05, 0.1) is 6.10 Å². The second-order valence-corrected chi connectivity index (χ2v) is 9.34. The van der Waals surface area contributed by atoms with E-state index >= 15 is 0 Å². The third kappa shape index (κ3) is 2.07. The predicted octanol–water partition coefficient (Wildman–Crippen LogP) is 3.23. The Kier molecular flexibility index (Phi) is 3.64. The molecule has 8 atom stereocenters. The predicted molar refractivity (Wildman–Crippen MR) is 95.1 cm³/mol. The molecule has 4 aliphatic rings. The zero-order chi connectivity index (χ0) is 17.3. The molecule has 3 fully saturated rings. The van der Waals surface area contributed by atoms with Crippen molar-refractivity contribution < 1.29 is 9.90 Å². The number of aliphatic hydroxyl groups excluding tert-OH is 1. The number of carbonyl (C=O) groups excluding carboxylic acids is 1. The van der Waals surface area contributed by atoms with Crippen molar-refractivity contribution in [2.24, 2.45) is 40.2 Å². The molecular weight excluding hydrogens is 298 g/mol. The van der Waals surface area contributed by atoms with Gasteiger partial charge < -0.3 is 10.8 Å². The lowest BCUT2D eigenvalue weighted by Crippen LogP contribution is -2.56. The highest BCUT2D eigenvalue weighted by molar-refractivity contribution is 6.01. The standard InChI is InChI=1S/C21H31NO2/c1-12(22)16-6-7-17-15-5-4-13-10-14(23)8-9-20(13,2)19(15)18(24)11-21(16,17)3/h8-10,12,15-19,24H,4-7,11,22H2,1-3H3/t12?,15-,16+,17-,18?,19+,20-,21+/m0/s1. The second-order valence-electron chi connectivity index (χ2n) is 9.34. The average Bonchev–Trinajstić information content (AvgIpc) is 2.84. The van der Waals surface area contributed by atoms with Gasteiger partial charge in [0.15, 0.2) is 5.78 Å². The van der Waals surface area contributed by atoms with Crippen molar-refractivity contribution in [1.82, 2.24) is 0 Å². The number of nitrogens with two attached hydrogens (primary N) is 1. The topological polar surface area (TPSA) is 63.3 Å². The Morgan fingerprint density at radius 1 is 1.29 bits per heavy atom. The molecule has 3 nitrogen and oxygen atoms in total. The van der Waals surface area contributed by atoms with Crippen molar-refractivity contribution in [2.75, 3.05) is 0 Å². The number of rotatable bonds is 1. The number of hydrogen-bond acceptors (Lipinski definition) is 3. The Morgan fingerprint density at radius 3 is 2.75 bits per heavy atom. The van der Waals surface area contributed by atoms with Gasteiger partial charge in [-0.3, -0.25) is 4.79 Å². The second kappa shape index (κ2) is 5.28. The molecule has 0 saturated heterocycles. The maximum absolute atomic E-state index is 11.8. The van der Waals surface area contributed by atoms with Crippen LogP contribution in [0.15, 0.2) is 23.8 Å². The van der Waals surface area contributed by atoms with Gasteiger partial charge in [0.2, 0.25) is 0 Å². The minimum absolute atomic E-state index is 0.106. The van der Waals surface area contributed by atoms with Crippen LogP contribution < -0.4 is 5.73 Å². The van der Waals surface area contributed by atoms with Gasteiger partial charge in [-0.05, 0) is 74.3 Å². The van der Waals surface area contributed by atoms with E-state index in [9.17, 15) is 9.90 Å². The summed E-state index contributed by atoms with van der Waals surface area (Å²) in [5.74, 6) is 2.07. The number of carbonyl (C=O) groups is 1. The Hall–Kier alpha value is -0.930. The summed E-state index contributed by atoms with van der Waals surface area (Å²) in [6.45, 7) is 6.75. The first-order valence-electron chi connectivity index (χ1n) is 9.65. The molecule has 0 aromatic rings. The van der Waals surface area contributed by atoms with Crippen LogP contribution >= 0.6 is 0 Å². The number of allylic oxidation sites excluding steroid dienone is 4. The number of fused-ring (bicyclic) bond motifs is 5. The van der Waals surface area contributed by atoms with Crippen molar-refractivity contribution in [1.29, 1.82) is 0 Å². The summed E-state index contributed by atoms with van der Waals surface area (Å²) in [4.78, 5) is 11.8. The molecule has 24 heavy (non-hydrogen) atoms. The van der Waals surface area contributed by atoms with Gasteiger partial charge in [0.1, 0.15) is 0 Å². The molecule has 0 amide bonds. The van der Waals surface area contributed by atoms with Gasteiger partial charge >= 0.3 is 0 Å². The van der Waals surface area contributed by atoms with Crippen LogP contribution in [0, 0.1) is 34.5 Å². The van der Waals surface area contributed by atoms with Gasteiger partial charge in [0.25, 0.3) is 0 Å². The molecule has 2 unspecified atom stereocenters. The molecule has 3 heteroatoms. The highest BCUT2D eigenvalue weighted by atomic mass is 16.3. The lowest BCUT2D eigenvalue weighted by molar-refractivity contribution is -0.119. The van der Waals surface area contributed by atoms with Crippen LogP contribution in [-0.4, -0.2) is 23.0 Å². The fraction of sp³-hybridized carbons (Fsp3) is 0.762. The zero-order valence-electron chi connectivity index (χ0n) is 15.2. The van der Waals surface area contributed by atoms with E-state index in [0.29, 0.717) is 17.8 Å². The molecule has 0 aromatic carbocycles. The Morgan fingerprint density at radius 2 is 2.04 bits per heavy atom. The van der Waals surface area contributed by atoms with E-state index in [1.165, 1.54) is 18.4 Å². The van der Waals surface area contributed by atoms with Crippen LogP contribution in [0.25, 0.3) is 0 Å². The highest BCUT2D eigenvalue weighted by Gasteiger charge is 2.61. The lowest BCUT2D eigenvalue weighted by atomic mass is 9.46. The summed E-state index contributed by atoms with van der Waals surface area (Å²) in [6.07, 6.45) is 10.7. The molecule has 3 N–H and O–H groups in total. The third-order valence-corrected chi connectivity index (χ3v) is 8.20. The molecule has 4 rings (SSSR count). The Balaban J connectivity index is 1.72. The van der Waals surface area contributed by atoms with Crippen molar-refractivity contribution in [3.63, 3.8) is 0 Å². The van der Waals surface area contributed by atoms with E-state index in [-0.39, 0.29) is 34.7 Å². The van der Waals surface area contributed by atoms with Gasteiger partial charge in [-0.25, -0.2) is 0 Å². The van der Waals surface area contributed by atoms with E-state index in [0.717, 1.165) is 19.3 Å². The van der Waals surface area contributed by atoms with Crippen molar-refractivity contribution in [3.05, 3.63) is 23.8 Å². The van der Waals surface area contributed by atoms with E-state index in [4.69, 9.17) is 5.73 Å². The first kappa shape index (κ1) is 16.5. The van der Waals surface area contributed by atoms with E-state index < -0.39 is 0 Å². The molecule has 0 bridgehead atoms. The van der Waals surface area contributed by atoms with Crippen LogP contribution in [0.2, 0.25) is 0 Å². The lowest BCUT2D eigenvalue weighted by Gasteiger charge is -2.59. The Bertz CT molecular complexity index is 621. The van der Waals surface area contributed by atoms with Crippen LogP contribution in [0.5, 0.6) is 0 Å². The molecule has 0 heterocycles. The largest absolute Gasteiger partial charge is 0.393 e. The summed E-state index contributed by atoms with van der Waals surface area (Å²) >= 11 is 0. The van der Waals surface area contributed by atoms with Gasteiger partial charge in [-0.1, -0.05) is 25.5 Å². The monoisotopic (exact) mass is 329 g/mol.